The summed E-state index contributed by atoms with van der Waals surface area (Å²) in [5.41, 5.74) is 1.67. The number of Topliss-reactive ketones (excluding diaryl/α,β-unsaturated/α-hetero) is 1. The van der Waals surface area contributed by atoms with Crippen molar-refractivity contribution in [2.45, 2.75) is 64.6 Å². The first-order valence-electron chi connectivity index (χ1n) is 13.4. The van der Waals surface area contributed by atoms with Gasteiger partial charge < -0.3 is 20.2 Å². The summed E-state index contributed by atoms with van der Waals surface area (Å²) in [5.74, 6) is -0.988. The van der Waals surface area contributed by atoms with Crippen molar-refractivity contribution < 1.29 is 24.3 Å². The van der Waals surface area contributed by atoms with Crippen molar-refractivity contribution in [3.63, 3.8) is 0 Å². The number of carbonyl (C=O) groups is 4. The molecular formula is C29H37N3O5S. The van der Waals surface area contributed by atoms with Crippen LogP contribution in [0.2, 0.25) is 0 Å². The van der Waals surface area contributed by atoms with Gasteiger partial charge in [-0.1, -0.05) is 45.4 Å². The molecule has 0 spiro atoms. The van der Waals surface area contributed by atoms with Crippen LogP contribution in [0.25, 0.3) is 10.4 Å². The van der Waals surface area contributed by atoms with Gasteiger partial charge in [-0.15, -0.1) is 11.3 Å². The summed E-state index contributed by atoms with van der Waals surface area (Å²) < 4.78 is 0. The number of rotatable bonds is 10. The average Bonchev–Trinajstić information content (AvgIpc) is 3.66. The molecule has 2 aliphatic heterocycles. The summed E-state index contributed by atoms with van der Waals surface area (Å²) in [6.45, 7) is 6.50. The van der Waals surface area contributed by atoms with Crippen molar-refractivity contribution in [3.05, 3.63) is 47.3 Å². The molecule has 3 amide bonds. The lowest BCUT2D eigenvalue weighted by atomic mass is 10.00. The molecule has 1 aromatic carbocycles. The number of thiophene rings is 1. The first-order valence-corrected chi connectivity index (χ1v) is 14.3. The lowest BCUT2D eigenvalue weighted by Crippen LogP contribution is -2.47. The first kappa shape index (κ1) is 28.0. The van der Waals surface area contributed by atoms with Crippen molar-refractivity contribution in [2.24, 2.45) is 11.8 Å². The minimum Gasteiger partial charge on any atom is -0.383 e. The van der Waals surface area contributed by atoms with E-state index in [0.29, 0.717) is 37.9 Å². The normalized spacial score (nSPS) is 21.2. The molecule has 2 fully saturated rings. The molecule has 0 aliphatic carbocycles. The van der Waals surface area contributed by atoms with E-state index >= 15 is 0 Å². The van der Waals surface area contributed by atoms with Gasteiger partial charge >= 0.3 is 0 Å². The number of aliphatic hydroxyl groups excluding tert-OH is 1. The number of fused-ring (bicyclic) bond motifs is 1. The second-order valence-electron chi connectivity index (χ2n) is 10.6. The van der Waals surface area contributed by atoms with Gasteiger partial charge in [0.05, 0.1) is 12.6 Å². The fourth-order valence-corrected chi connectivity index (χ4v) is 6.04. The molecule has 0 saturated carbocycles. The maximum absolute atomic E-state index is 13.1. The molecule has 0 bridgehead atoms. The van der Waals surface area contributed by atoms with Gasteiger partial charge in [0.1, 0.15) is 12.1 Å². The highest BCUT2D eigenvalue weighted by Gasteiger charge is 2.52. The molecule has 1 aromatic heterocycles. The highest BCUT2D eigenvalue weighted by molar-refractivity contribution is 7.13. The number of carbonyl (C=O) groups excluding carboxylic acids is 4. The molecule has 5 unspecified atom stereocenters. The number of nitrogens with zero attached hydrogens (tertiary/aromatic N) is 2. The summed E-state index contributed by atoms with van der Waals surface area (Å²) in [6.07, 6.45) is 0.965. The van der Waals surface area contributed by atoms with E-state index in [1.54, 1.807) is 16.2 Å². The molecule has 0 radical (unpaired) electrons. The summed E-state index contributed by atoms with van der Waals surface area (Å²) in [6, 6.07) is 10.6. The molecule has 8 nitrogen and oxygen atoms in total. The number of benzene rings is 1. The van der Waals surface area contributed by atoms with E-state index in [1.807, 2.05) is 62.5 Å². The lowest BCUT2D eigenvalue weighted by molar-refractivity contribution is -0.144. The number of likely N-dealkylation sites (tertiary alicyclic amines) is 2. The van der Waals surface area contributed by atoms with Gasteiger partial charge in [-0.2, -0.15) is 0 Å². The van der Waals surface area contributed by atoms with Crippen LogP contribution in [0.5, 0.6) is 0 Å². The summed E-state index contributed by atoms with van der Waals surface area (Å²) in [4.78, 5) is 55.5. The van der Waals surface area contributed by atoms with Crippen LogP contribution in [-0.2, 0) is 14.4 Å². The summed E-state index contributed by atoms with van der Waals surface area (Å²) >= 11 is 1.65. The van der Waals surface area contributed by atoms with Gasteiger partial charge in [-0.3, -0.25) is 19.2 Å². The Morgan fingerprint density at radius 2 is 1.87 bits per heavy atom. The fraction of sp³-hybridized carbons (Fsp3) is 0.517. The van der Waals surface area contributed by atoms with Crippen LogP contribution in [0.3, 0.4) is 0 Å². The van der Waals surface area contributed by atoms with E-state index in [0.717, 1.165) is 10.4 Å². The number of amides is 3. The molecule has 204 valence electrons. The Morgan fingerprint density at radius 1 is 1.13 bits per heavy atom. The Morgan fingerprint density at radius 3 is 2.53 bits per heavy atom. The van der Waals surface area contributed by atoms with Crippen molar-refractivity contribution in [1.82, 2.24) is 15.1 Å². The van der Waals surface area contributed by atoms with E-state index < -0.39 is 18.1 Å². The van der Waals surface area contributed by atoms with Crippen LogP contribution in [0.15, 0.2) is 41.8 Å². The Labute approximate surface area is 228 Å². The topological polar surface area (TPSA) is 107 Å². The Bertz CT molecular complexity index is 1150. The van der Waals surface area contributed by atoms with Gasteiger partial charge in [-0.05, 0) is 53.8 Å². The lowest BCUT2D eigenvalue weighted by Gasteiger charge is -2.28. The predicted octanol–water partition coefficient (Wildman–Crippen LogP) is 3.35. The Hall–Kier alpha value is -3.04. The quantitative estimate of drug-likeness (QED) is 0.482. The van der Waals surface area contributed by atoms with Gasteiger partial charge in [0.15, 0.2) is 5.78 Å². The third-order valence-electron chi connectivity index (χ3n) is 7.86. The van der Waals surface area contributed by atoms with Crippen LogP contribution in [0.4, 0.5) is 0 Å². The number of nitrogens with one attached hydrogen (secondary N) is 1. The van der Waals surface area contributed by atoms with Gasteiger partial charge in [0, 0.05) is 30.0 Å². The van der Waals surface area contributed by atoms with Gasteiger partial charge in [0.2, 0.25) is 5.91 Å². The largest absolute Gasteiger partial charge is 0.383 e. The van der Waals surface area contributed by atoms with E-state index in [9.17, 15) is 24.3 Å². The molecule has 38 heavy (non-hydrogen) atoms. The summed E-state index contributed by atoms with van der Waals surface area (Å²) in [5, 5.41) is 15.3. The van der Waals surface area contributed by atoms with Crippen LogP contribution in [-0.4, -0.2) is 76.2 Å². The van der Waals surface area contributed by atoms with Crippen LogP contribution < -0.4 is 5.32 Å². The number of hydrogen-bond donors (Lipinski definition) is 2. The zero-order valence-corrected chi connectivity index (χ0v) is 23.1. The van der Waals surface area contributed by atoms with E-state index in [2.05, 4.69) is 5.32 Å². The van der Waals surface area contributed by atoms with Crippen molar-refractivity contribution >= 4 is 34.8 Å². The van der Waals surface area contributed by atoms with Crippen LogP contribution in [0, 0.1) is 11.8 Å². The molecule has 5 atom stereocenters. The second kappa shape index (κ2) is 12.2. The highest BCUT2D eigenvalue weighted by atomic mass is 32.1. The standard InChI is InChI=1S/C29H37N3O5S/c1-4-19(3)27(35)29(37)32-17-23(33)26-22(32)12-14-31(26)25(34)16-18(2)11-13-30-28(36)21-9-7-20(8-10-21)24-6-5-15-38-24/h5-10,15,18-19,22,26-27,35H,4,11-14,16-17H2,1-3H3,(H,30,36). The SMILES string of the molecule is CCC(C)C(O)C(=O)N1CC(=O)C2C1CCN2C(=O)CC(C)CCNC(=O)c1ccc(-c2cccs2)cc1. The molecule has 2 aliphatic rings. The molecular weight excluding hydrogens is 502 g/mol. The molecule has 9 heteroatoms. The predicted molar refractivity (Wildman–Crippen MR) is 147 cm³/mol. The van der Waals surface area contributed by atoms with Crippen LogP contribution >= 0.6 is 11.3 Å². The molecule has 3 heterocycles. The second-order valence-corrected chi connectivity index (χ2v) is 11.5. The third kappa shape index (κ3) is 5.99. The van der Waals surface area contributed by atoms with E-state index in [1.165, 1.54) is 4.90 Å². The average molecular weight is 540 g/mol. The van der Waals surface area contributed by atoms with Crippen molar-refractivity contribution in [3.8, 4) is 10.4 Å². The third-order valence-corrected chi connectivity index (χ3v) is 8.78. The molecule has 2 N–H and O–H groups in total. The number of ketones is 1. The van der Waals surface area contributed by atoms with Crippen molar-refractivity contribution in [1.29, 1.82) is 0 Å². The zero-order valence-electron chi connectivity index (χ0n) is 22.3. The molecule has 4 rings (SSSR count). The minimum absolute atomic E-state index is 0.0181. The summed E-state index contributed by atoms with van der Waals surface area (Å²) in [7, 11) is 0. The van der Waals surface area contributed by atoms with Gasteiger partial charge in [-0.25, -0.2) is 0 Å². The Balaban J connectivity index is 1.24. The molecule has 2 aromatic rings. The number of aliphatic hydroxyl groups is 1. The smallest absolute Gasteiger partial charge is 0.252 e. The molecule has 2 saturated heterocycles. The first-order chi connectivity index (χ1) is 18.2. The maximum atomic E-state index is 13.1. The monoisotopic (exact) mass is 539 g/mol. The van der Waals surface area contributed by atoms with E-state index in [4.69, 9.17) is 0 Å². The van der Waals surface area contributed by atoms with Crippen molar-refractivity contribution in [2.75, 3.05) is 19.6 Å². The highest BCUT2D eigenvalue weighted by Crippen LogP contribution is 2.32. The minimum atomic E-state index is -1.13. The number of hydrogen-bond acceptors (Lipinski definition) is 6. The Kier molecular flexibility index (Phi) is 8.99. The van der Waals surface area contributed by atoms with E-state index in [-0.39, 0.29) is 48.4 Å². The zero-order chi connectivity index (χ0) is 27.4. The fourth-order valence-electron chi connectivity index (χ4n) is 5.31. The maximum Gasteiger partial charge on any atom is 0.252 e. The van der Waals surface area contributed by atoms with Crippen LogP contribution in [0.1, 0.15) is 56.8 Å². The van der Waals surface area contributed by atoms with Gasteiger partial charge in [0.25, 0.3) is 11.8 Å².